The monoisotopic (exact) mass is 185 g/mol. The zero-order valence-corrected chi connectivity index (χ0v) is 6.11. The van der Waals surface area contributed by atoms with Crippen molar-refractivity contribution in [3.8, 4) is 0 Å². The summed E-state index contributed by atoms with van der Waals surface area (Å²) in [6, 6.07) is -1.73. The highest BCUT2D eigenvalue weighted by Crippen LogP contribution is 2.06. The molecule has 0 spiro atoms. The van der Waals surface area contributed by atoms with Gasteiger partial charge in [0.1, 0.15) is 6.21 Å². The fourth-order valence-electron chi connectivity index (χ4n) is 0.741. The average molecular weight is 185 g/mol. The van der Waals surface area contributed by atoms with Crippen molar-refractivity contribution < 1.29 is 14.6 Å². The Bertz CT molecular complexity index is 344. The van der Waals surface area contributed by atoms with E-state index in [9.17, 15) is 25.0 Å². The molecule has 8 heteroatoms. The van der Waals surface area contributed by atoms with E-state index >= 15 is 0 Å². The minimum Gasteiger partial charge on any atom is -0.264 e. The number of dihydropyridines is 1. The van der Waals surface area contributed by atoms with Crippen LogP contribution in [0, 0.1) is 20.2 Å². The highest BCUT2D eigenvalue weighted by atomic mass is 16.6. The molecule has 1 unspecified atom stereocenters. The van der Waals surface area contributed by atoms with Gasteiger partial charge < -0.3 is 0 Å². The molecule has 0 fully saturated rings. The summed E-state index contributed by atoms with van der Waals surface area (Å²) in [5.74, 6) is -1.00. The van der Waals surface area contributed by atoms with Crippen LogP contribution in [0.2, 0.25) is 0 Å². The second-order valence-electron chi connectivity index (χ2n) is 2.18. The summed E-state index contributed by atoms with van der Waals surface area (Å²) in [4.78, 5) is 32.3. The first-order valence-corrected chi connectivity index (χ1v) is 3.10. The minimum atomic E-state index is -1.73. The van der Waals surface area contributed by atoms with Crippen molar-refractivity contribution in [1.82, 2.24) is 0 Å². The Kier molecular flexibility index (Phi) is 2.13. The van der Waals surface area contributed by atoms with Gasteiger partial charge >= 0.3 is 11.9 Å². The third-order valence-corrected chi connectivity index (χ3v) is 1.34. The number of nitro groups is 2. The Hall–Kier alpha value is -2.12. The second kappa shape index (κ2) is 3.09. The lowest BCUT2D eigenvalue weighted by molar-refractivity contribution is -0.497. The fraction of sp³-hybridized carbons (Fsp3) is 0.200. The summed E-state index contributed by atoms with van der Waals surface area (Å²) in [6.07, 6.45) is 1.36. The summed E-state index contributed by atoms with van der Waals surface area (Å²) in [7, 11) is 0. The van der Waals surface area contributed by atoms with E-state index in [1.807, 2.05) is 0 Å². The van der Waals surface area contributed by atoms with Gasteiger partial charge in [0.2, 0.25) is 0 Å². The third kappa shape index (κ3) is 1.72. The lowest BCUT2D eigenvalue weighted by Crippen LogP contribution is -2.30. The van der Waals surface area contributed by atoms with E-state index < -0.39 is 27.5 Å². The van der Waals surface area contributed by atoms with Crippen LogP contribution in [-0.4, -0.2) is 28.0 Å². The highest BCUT2D eigenvalue weighted by molar-refractivity contribution is 5.97. The van der Waals surface area contributed by atoms with Crippen LogP contribution < -0.4 is 0 Å². The van der Waals surface area contributed by atoms with Crippen LogP contribution in [0.15, 0.2) is 16.8 Å². The molecular formula is C5H3N3O5. The largest absolute Gasteiger partial charge is 0.325 e. The predicted octanol–water partition coefficient (Wildman–Crippen LogP) is -0.597. The molecule has 1 rings (SSSR count). The number of carbonyl (C=O) groups is 1. The summed E-state index contributed by atoms with van der Waals surface area (Å²) < 4.78 is 0. The summed E-state index contributed by atoms with van der Waals surface area (Å²) in [6.45, 7) is 0. The van der Waals surface area contributed by atoms with Gasteiger partial charge in [-0.15, -0.1) is 0 Å². The number of nitrogens with zero attached hydrogens (tertiary/aromatic N) is 3. The van der Waals surface area contributed by atoms with Gasteiger partial charge in [-0.05, 0) is 0 Å². The van der Waals surface area contributed by atoms with E-state index in [1.165, 1.54) is 0 Å². The molecule has 1 atom stereocenters. The lowest BCUT2D eigenvalue weighted by atomic mass is 10.2. The molecule has 1 amide bonds. The van der Waals surface area contributed by atoms with Crippen LogP contribution in [0.3, 0.4) is 0 Å². The Morgan fingerprint density at radius 1 is 1.38 bits per heavy atom. The van der Waals surface area contributed by atoms with Gasteiger partial charge in [-0.1, -0.05) is 0 Å². The molecule has 0 N–H and O–H groups in total. The first-order chi connectivity index (χ1) is 6.02. The molecule has 13 heavy (non-hydrogen) atoms. The van der Waals surface area contributed by atoms with Gasteiger partial charge in [0.05, 0.1) is 11.0 Å². The molecule has 0 bridgehead atoms. The third-order valence-electron chi connectivity index (χ3n) is 1.34. The number of allylic oxidation sites excluding steroid dienone is 1. The number of hydrogen-bond donors (Lipinski definition) is 0. The van der Waals surface area contributed by atoms with E-state index in [0.717, 1.165) is 0 Å². The number of amides is 1. The summed E-state index contributed by atoms with van der Waals surface area (Å²) in [5, 5.41) is 20.3. The van der Waals surface area contributed by atoms with Gasteiger partial charge in [-0.2, -0.15) is 0 Å². The highest BCUT2D eigenvalue weighted by Gasteiger charge is 2.33. The van der Waals surface area contributed by atoms with Crippen LogP contribution in [-0.2, 0) is 4.79 Å². The Labute approximate surface area is 70.9 Å². The van der Waals surface area contributed by atoms with Crippen LogP contribution in [0.1, 0.15) is 0 Å². The maximum atomic E-state index is 10.7. The van der Waals surface area contributed by atoms with Crippen molar-refractivity contribution in [3.63, 3.8) is 0 Å². The topological polar surface area (TPSA) is 116 Å². The van der Waals surface area contributed by atoms with Gasteiger partial charge in [0.15, 0.2) is 0 Å². The molecule has 8 nitrogen and oxygen atoms in total. The van der Waals surface area contributed by atoms with E-state index in [1.54, 1.807) is 0 Å². The molecule has 0 saturated carbocycles. The molecule has 0 saturated heterocycles. The van der Waals surface area contributed by atoms with Crippen LogP contribution in [0.25, 0.3) is 0 Å². The van der Waals surface area contributed by atoms with Crippen LogP contribution >= 0.6 is 0 Å². The molecule has 0 radical (unpaired) electrons. The van der Waals surface area contributed by atoms with E-state index in [4.69, 9.17) is 0 Å². The van der Waals surface area contributed by atoms with Crippen molar-refractivity contribution in [3.05, 3.63) is 32.0 Å². The van der Waals surface area contributed by atoms with Crippen molar-refractivity contribution in [2.75, 3.05) is 0 Å². The van der Waals surface area contributed by atoms with Crippen molar-refractivity contribution in [2.45, 2.75) is 6.04 Å². The van der Waals surface area contributed by atoms with E-state index in [0.29, 0.717) is 12.3 Å². The van der Waals surface area contributed by atoms with E-state index in [-0.39, 0.29) is 0 Å². The van der Waals surface area contributed by atoms with Gasteiger partial charge in [-0.3, -0.25) is 25.0 Å². The van der Waals surface area contributed by atoms with Gasteiger partial charge in [0.25, 0.3) is 5.70 Å². The number of hydrogen-bond acceptors (Lipinski definition) is 5. The zero-order chi connectivity index (χ0) is 10.0. The molecule has 0 aromatic rings. The zero-order valence-electron chi connectivity index (χ0n) is 6.11. The summed E-state index contributed by atoms with van der Waals surface area (Å²) >= 11 is 0. The fourth-order valence-corrected chi connectivity index (χ4v) is 0.741. The Balaban J connectivity index is 3.00. The molecule has 1 aliphatic rings. The molecular weight excluding hydrogens is 182 g/mol. The number of rotatable bonds is 2. The van der Waals surface area contributed by atoms with Crippen LogP contribution in [0.4, 0.5) is 0 Å². The van der Waals surface area contributed by atoms with Crippen molar-refractivity contribution in [2.24, 2.45) is 4.99 Å². The molecule has 0 aromatic heterocycles. The minimum absolute atomic E-state index is 0.540. The maximum absolute atomic E-state index is 10.7. The van der Waals surface area contributed by atoms with E-state index in [2.05, 4.69) is 4.99 Å². The number of aliphatic imine (C=N–C) groups is 1. The smallest absolute Gasteiger partial charge is 0.264 e. The molecule has 0 aliphatic carbocycles. The first-order valence-electron chi connectivity index (χ1n) is 3.10. The predicted molar refractivity (Wildman–Crippen MR) is 39.4 cm³/mol. The molecule has 0 aromatic carbocycles. The number of carbonyl (C=O) groups excluding carboxylic acids is 1. The normalized spacial score (nSPS) is 21.1. The van der Waals surface area contributed by atoms with Crippen LogP contribution in [0.5, 0.6) is 0 Å². The molecule has 1 heterocycles. The standard InChI is InChI=1S/C5H3N3O5/c9-5-4(8(12)13)1-3(2-6-5)7(10)11/h1-2,4H. The maximum Gasteiger partial charge on any atom is 0.325 e. The quantitative estimate of drug-likeness (QED) is 0.420. The molecule has 68 valence electrons. The van der Waals surface area contributed by atoms with Gasteiger partial charge in [0, 0.05) is 4.92 Å². The second-order valence-corrected chi connectivity index (χ2v) is 2.18. The molecule has 1 aliphatic heterocycles. The summed E-state index contributed by atoms with van der Waals surface area (Å²) in [5.41, 5.74) is -0.540. The lowest BCUT2D eigenvalue weighted by Gasteiger charge is -2.02. The Morgan fingerprint density at radius 2 is 2.00 bits per heavy atom. The first kappa shape index (κ1) is 8.97. The van der Waals surface area contributed by atoms with Crippen molar-refractivity contribution >= 4 is 12.1 Å². The average Bonchev–Trinajstić information content (AvgIpc) is 2.04. The van der Waals surface area contributed by atoms with Gasteiger partial charge in [-0.25, -0.2) is 4.99 Å². The Morgan fingerprint density at radius 3 is 2.46 bits per heavy atom. The van der Waals surface area contributed by atoms with Crippen molar-refractivity contribution in [1.29, 1.82) is 0 Å². The SMILES string of the molecule is O=C1N=CC([N+](=O)[O-])=CC1[N+](=O)[O-].